The first kappa shape index (κ1) is 21.8. The molecule has 13 heteroatoms. The minimum Gasteiger partial charge on any atom is -0.342 e. The summed E-state index contributed by atoms with van der Waals surface area (Å²) >= 11 is 0. The SMILES string of the molecule is O=S(=O)(O)C(F)(F)C(F)(F)C1CC2CC1C1OC(c3ccc(C(F)(F)F)cc3)OC21. The summed E-state index contributed by atoms with van der Waals surface area (Å²) in [4.78, 5) is 0. The maximum atomic E-state index is 14.4. The fraction of sp³-hybridized carbons (Fsp3) is 0.647. The molecule has 3 aliphatic rings. The largest absolute Gasteiger partial charge is 0.431 e. The molecule has 0 aromatic heterocycles. The standard InChI is InChI=1S/C17H15F7O5S/c18-15(19,17(23,24)30(25,26)27)11-6-8-5-10(11)13-12(8)28-14(29-13)7-1-3-9(4-2-7)16(20,21)22/h1-4,8,10-14H,5-6H2,(H,25,26,27). The summed E-state index contributed by atoms with van der Waals surface area (Å²) in [5, 5.41) is -5.67. The van der Waals surface area contributed by atoms with Crippen LogP contribution in [0.25, 0.3) is 0 Å². The van der Waals surface area contributed by atoms with Crippen LogP contribution >= 0.6 is 0 Å². The van der Waals surface area contributed by atoms with Gasteiger partial charge in [0.2, 0.25) is 0 Å². The second-order valence-corrected chi connectivity index (χ2v) is 9.23. The second kappa shape index (κ2) is 6.53. The Bertz CT molecular complexity index is 931. The molecule has 2 saturated carbocycles. The molecule has 1 aromatic carbocycles. The molecule has 30 heavy (non-hydrogen) atoms. The average Bonchev–Trinajstić information content (AvgIpc) is 3.31. The third kappa shape index (κ3) is 3.12. The van der Waals surface area contributed by atoms with E-state index in [4.69, 9.17) is 14.0 Å². The minimum atomic E-state index is -6.35. The fourth-order valence-electron chi connectivity index (χ4n) is 4.73. The van der Waals surface area contributed by atoms with Gasteiger partial charge in [-0.2, -0.15) is 39.2 Å². The van der Waals surface area contributed by atoms with Crippen LogP contribution in [0.5, 0.6) is 0 Å². The second-order valence-electron chi connectivity index (χ2n) is 7.77. The molecular formula is C17H15F7O5S. The Hall–Kier alpha value is -1.44. The minimum absolute atomic E-state index is 0.0386. The van der Waals surface area contributed by atoms with Gasteiger partial charge in [0, 0.05) is 11.5 Å². The molecule has 6 unspecified atom stereocenters. The van der Waals surface area contributed by atoms with Gasteiger partial charge < -0.3 is 9.47 Å². The molecule has 1 saturated heterocycles. The lowest BCUT2D eigenvalue weighted by atomic mass is 9.81. The van der Waals surface area contributed by atoms with Gasteiger partial charge in [0.15, 0.2) is 6.29 Å². The van der Waals surface area contributed by atoms with Crippen molar-refractivity contribution < 1.29 is 53.2 Å². The van der Waals surface area contributed by atoms with Crippen molar-refractivity contribution in [2.75, 3.05) is 0 Å². The summed E-state index contributed by atoms with van der Waals surface area (Å²) in [6.45, 7) is 0. The van der Waals surface area contributed by atoms with Gasteiger partial charge in [-0.05, 0) is 36.8 Å². The first-order chi connectivity index (χ1) is 13.6. The van der Waals surface area contributed by atoms with Crippen LogP contribution in [0.3, 0.4) is 0 Å². The Balaban J connectivity index is 1.53. The van der Waals surface area contributed by atoms with Crippen LogP contribution in [0, 0.1) is 17.8 Å². The van der Waals surface area contributed by atoms with Crippen LogP contribution < -0.4 is 0 Å². The van der Waals surface area contributed by atoms with Crippen molar-refractivity contribution in [1.82, 2.24) is 0 Å². The Kier molecular flexibility index (Phi) is 4.74. The number of alkyl halides is 7. The maximum Gasteiger partial charge on any atom is 0.431 e. The van der Waals surface area contributed by atoms with Gasteiger partial charge in [-0.1, -0.05) is 12.1 Å². The first-order valence-corrected chi connectivity index (χ1v) is 10.3. The Labute approximate surface area is 165 Å². The summed E-state index contributed by atoms with van der Waals surface area (Å²) in [6, 6.07) is 3.81. The molecule has 0 radical (unpaired) electrons. The van der Waals surface area contributed by atoms with Crippen molar-refractivity contribution in [2.24, 2.45) is 17.8 Å². The number of hydrogen-bond acceptors (Lipinski definition) is 4. The number of hydrogen-bond donors (Lipinski definition) is 1. The molecular weight excluding hydrogens is 449 g/mol. The van der Waals surface area contributed by atoms with Gasteiger partial charge in [-0.15, -0.1) is 0 Å². The van der Waals surface area contributed by atoms with E-state index in [1.165, 1.54) is 0 Å². The van der Waals surface area contributed by atoms with Crippen LogP contribution in [-0.2, 0) is 25.8 Å². The highest BCUT2D eigenvalue weighted by Gasteiger charge is 2.74. The molecule has 168 valence electrons. The molecule has 1 aliphatic heterocycles. The molecule has 4 rings (SSSR count). The molecule has 1 N–H and O–H groups in total. The summed E-state index contributed by atoms with van der Waals surface area (Å²) in [6.07, 6.45) is -7.92. The van der Waals surface area contributed by atoms with E-state index in [1.54, 1.807) is 0 Å². The van der Waals surface area contributed by atoms with E-state index in [2.05, 4.69) is 0 Å². The third-order valence-electron chi connectivity index (χ3n) is 6.11. The van der Waals surface area contributed by atoms with Crippen molar-refractivity contribution in [3.8, 4) is 0 Å². The molecule has 3 fully saturated rings. The van der Waals surface area contributed by atoms with Gasteiger partial charge in [0.1, 0.15) is 0 Å². The van der Waals surface area contributed by atoms with Crippen LogP contribution in [0.1, 0.15) is 30.3 Å². The van der Waals surface area contributed by atoms with Crippen molar-refractivity contribution in [3.05, 3.63) is 35.4 Å². The van der Waals surface area contributed by atoms with E-state index in [0.29, 0.717) is 0 Å². The Morgan fingerprint density at radius 2 is 1.47 bits per heavy atom. The third-order valence-corrected chi connectivity index (χ3v) is 7.03. The highest BCUT2D eigenvalue weighted by Crippen LogP contribution is 2.62. The average molecular weight is 464 g/mol. The Morgan fingerprint density at radius 1 is 0.900 bits per heavy atom. The molecule has 1 heterocycles. The van der Waals surface area contributed by atoms with Crippen molar-refractivity contribution in [1.29, 1.82) is 0 Å². The predicted octanol–water partition coefficient (Wildman–Crippen LogP) is 4.26. The van der Waals surface area contributed by atoms with E-state index < -0.39 is 75.7 Å². The number of ether oxygens (including phenoxy) is 2. The lowest BCUT2D eigenvalue weighted by molar-refractivity contribution is -0.210. The van der Waals surface area contributed by atoms with Gasteiger partial charge in [0.05, 0.1) is 17.8 Å². The quantitative estimate of drug-likeness (QED) is 0.533. The fourth-order valence-corrected chi connectivity index (χ4v) is 5.22. The van der Waals surface area contributed by atoms with Crippen LogP contribution in [0.15, 0.2) is 24.3 Å². The molecule has 1 aromatic rings. The molecule has 0 amide bonds. The van der Waals surface area contributed by atoms with Crippen molar-refractivity contribution >= 4 is 10.1 Å². The molecule has 6 atom stereocenters. The molecule has 5 nitrogen and oxygen atoms in total. The summed E-state index contributed by atoms with van der Waals surface area (Å²) < 4.78 is 136. The summed E-state index contributed by atoms with van der Waals surface area (Å²) in [5.74, 6) is -8.90. The van der Waals surface area contributed by atoms with E-state index in [0.717, 1.165) is 24.3 Å². The number of halogens is 7. The molecule has 2 bridgehead atoms. The highest BCUT2D eigenvalue weighted by atomic mass is 32.2. The van der Waals surface area contributed by atoms with E-state index in [1.807, 2.05) is 0 Å². The van der Waals surface area contributed by atoms with Gasteiger partial charge in [-0.3, -0.25) is 4.55 Å². The molecule has 2 aliphatic carbocycles. The topological polar surface area (TPSA) is 72.8 Å². The van der Waals surface area contributed by atoms with E-state index in [-0.39, 0.29) is 12.0 Å². The summed E-state index contributed by atoms with van der Waals surface area (Å²) in [7, 11) is -6.35. The summed E-state index contributed by atoms with van der Waals surface area (Å²) in [5.41, 5.74) is -0.708. The first-order valence-electron chi connectivity index (χ1n) is 8.85. The lowest BCUT2D eigenvalue weighted by Crippen LogP contribution is -2.55. The zero-order chi connectivity index (χ0) is 22.3. The Morgan fingerprint density at radius 3 is 2.00 bits per heavy atom. The zero-order valence-corrected chi connectivity index (χ0v) is 15.6. The number of rotatable bonds is 4. The smallest absolute Gasteiger partial charge is 0.342 e. The maximum absolute atomic E-state index is 14.4. The van der Waals surface area contributed by atoms with Crippen LogP contribution in [0.2, 0.25) is 0 Å². The monoisotopic (exact) mass is 464 g/mol. The van der Waals surface area contributed by atoms with Gasteiger partial charge >= 0.3 is 27.5 Å². The van der Waals surface area contributed by atoms with E-state index in [9.17, 15) is 39.2 Å². The zero-order valence-electron chi connectivity index (χ0n) is 14.8. The highest BCUT2D eigenvalue weighted by molar-refractivity contribution is 7.87. The van der Waals surface area contributed by atoms with Crippen molar-refractivity contribution in [3.63, 3.8) is 0 Å². The van der Waals surface area contributed by atoms with E-state index >= 15 is 0 Å². The predicted molar refractivity (Wildman–Crippen MR) is 85.1 cm³/mol. The van der Waals surface area contributed by atoms with Crippen molar-refractivity contribution in [2.45, 2.75) is 48.7 Å². The van der Waals surface area contributed by atoms with Crippen LogP contribution in [0.4, 0.5) is 30.7 Å². The van der Waals surface area contributed by atoms with Gasteiger partial charge in [-0.25, -0.2) is 0 Å². The lowest BCUT2D eigenvalue weighted by Gasteiger charge is -2.36. The van der Waals surface area contributed by atoms with Crippen LogP contribution in [-0.4, -0.2) is 36.4 Å². The van der Waals surface area contributed by atoms with Gasteiger partial charge in [0.25, 0.3) is 0 Å². The number of fused-ring (bicyclic) bond motifs is 5. The number of benzene rings is 1. The molecule has 0 spiro atoms. The normalized spacial score (nSPS) is 34.4.